The summed E-state index contributed by atoms with van der Waals surface area (Å²) >= 11 is 0. The van der Waals surface area contributed by atoms with Gasteiger partial charge in [-0.15, -0.1) is 0 Å². The van der Waals surface area contributed by atoms with Gasteiger partial charge in [-0.05, 0) is 18.1 Å². The highest BCUT2D eigenvalue weighted by Crippen LogP contribution is 2.28. The zero-order chi connectivity index (χ0) is 11.8. The molecule has 0 saturated carbocycles. The Kier molecular flexibility index (Phi) is 3.10. The molecule has 2 unspecified atom stereocenters. The van der Waals surface area contributed by atoms with Crippen LogP contribution in [-0.2, 0) is 4.79 Å². The molecule has 16 heavy (non-hydrogen) atoms. The summed E-state index contributed by atoms with van der Waals surface area (Å²) in [6, 6.07) is 0. The summed E-state index contributed by atoms with van der Waals surface area (Å²) in [7, 11) is 0. The maximum Gasteiger partial charge on any atom is 0.415 e. The van der Waals surface area contributed by atoms with Crippen LogP contribution in [0.3, 0.4) is 0 Å². The molecule has 1 N–H and O–H groups in total. The fourth-order valence-electron chi connectivity index (χ4n) is 2.49. The number of nitrogens with one attached hydrogen (secondary N) is 1. The largest absolute Gasteiger partial charge is 0.415 e. The Morgan fingerprint density at radius 3 is 3.00 bits per heavy atom. The van der Waals surface area contributed by atoms with E-state index in [1.54, 1.807) is 4.70 Å². The van der Waals surface area contributed by atoms with Crippen molar-refractivity contribution in [2.45, 2.75) is 39.2 Å². The molecule has 1 amide bonds. The quantitative estimate of drug-likeness (QED) is 0.721. The number of nitrogens with zero attached hydrogens (tertiary/aromatic N) is 2. The molecule has 0 radical (unpaired) electrons. The average Bonchev–Trinajstić information content (AvgIpc) is 2.29. The Balaban J connectivity index is 2.23. The SMILES string of the molecule is CCC(C)(C)[N+]1=NCC2CNCCC2C1=O. The Hall–Kier alpha value is -0.770. The van der Waals surface area contributed by atoms with Gasteiger partial charge in [0, 0.05) is 32.7 Å². The molecule has 2 heterocycles. The number of piperidine rings is 1. The monoisotopic (exact) mass is 224 g/mol. The minimum absolute atomic E-state index is 0.132. The lowest BCUT2D eigenvalue weighted by atomic mass is 9.83. The maximum atomic E-state index is 12.4. The molecule has 1 fully saturated rings. The number of fused-ring (bicyclic) bond motifs is 1. The van der Waals surface area contributed by atoms with E-state index in [4.69, 9.17) is 0 Å². The number of carbonyl (C=O) groups is 1. The molecule has 0 aromatic rings. The molecule has 0 aliphatic carbocycles. The molecular formula is C12H22N3O+. The second-order valence-electron chi connectivity index (χ2n) is 5.50. The third-order valence-corrected chi connectivity index (χ3v) is 4.03. The van der Waals surface area contributed by atoms with Crippen molar-refractivity contribution in [3.05, 3.63) is 0 Å². The normalized spacial score (nSPS) is 30.9. The fraction of sp³-hybridized carbons (Fsp3) is 0.917. The summed E-state index contributed by atoms with van der Waals surface area (Å²) in [5.41, 5.74) is -0.132. The molecule has 4 nitrogen and oxygen atoms in total. The van der Waals surface area contributed by atoms with Crippen LogP contribution in [-0.4, -0.2) is 35.8 Å². The highest BCUT2D eigenvalue weighted by molar-refractivity contribution is 5.71. The van der Waals surface area contributed by atoms with Crippen molar-refractivity contribution in [2.24, 2.45) is 17.0 Å². The van der Waals surface area contributed by atoms with Crippen molar-refractivity contribution in [3.63, 3.8) is 0 Å². The van der Waals surface area contributed by atoms with Crippen molar-refractivity contribution < 1.29 is 9.49 Å². The molecule has 2 atom stereocenters. The van der Waals surface area contributed by atoms with Crippen molar-refractivity contribution in [2.75, 3.05) is 19.6 Å². The first-order chi connectivity index (χ1) is 7.56. The van der Waals surface area contributed by atoms with E-state index in [9.17, 15) is 4.79 Å². The number of carbonyl (C=O) groups excluding carboxylic acids is 1. The van der Waals surface area contributed by atoms with Gasteiger partial charge in [0.2, 0.25) is 0 Å². The molecule has 1 saturated heterocycles. The first-order valence-electron chi connectivity index (χ1n) is 6.28. The second kappa shape index (κ2) is 4.24. The summed E-state index contributed by atoms with van der Waals surface area (Å²) in [6.45, 7) is 9.00. The van der Waals surface area contributed by atoms with Gasteiger partial charge in [0.05, 0.1) is 5.92 Å². The summed E-state index contributed by atoms with van der Waals surface area (Å²) in [6.07, 6.45) is 1.91. The van der Waals surface area contributed by atoms with Crippen LogP contribution in [0.5, 0.6) is 0 Å². The first kappa shape index (κ1) is 11.7. The van der Waals surface area contributed by atoms with Crippen LogP contribution in [0.4, 0.5) is 0 Å². The molecule has 0 spiro atoms. The standard InChI is InChI=1S/C12H22N3O/c1-4-12(2,3)15-11(16)10-5-6-13-7-9(10)8-14-15/h9-10,13H,4-8H2,1-3H3/q+1. The van der Waals surface area contributed by atoms with Gasteiger partial charge in [0.1, 0.15) is 6.54 Å². The van der Waals surface area contributed by atoms with E-state index >= 15 is 0 Å². The highest BCUT2D eigenvalue weighted by Gasteiger charge is 2.47. The molecule has 2 rings (SSSR count). The van der Waals surface area contributed by atoms with Gasteiger partial charge in [-0.25, -0.2) is 4.79 Å². The number of rotatable bonds is 2. The minimum atomic E-state index is -0.132. The fourth-order valence-corrected chi connectivity index (χ4v) is 2.49. The summed E-state index contributed by atoms with van der Waals surface area (Å²) in [5, 5.41) is 7.82. The molecule has 0 bridgehead atoms. The number of hydrogen-bond donors (Lipinski definition) is 1. The summed E-state index contributed by atoms with van der Waals surface area (Å²) in [4.78, 5) is 12.4. The van der Waals surface area contributed by atoms with Gasteiger partial charge in [-0.2, -0.15) is 0 Å². The van der Waals surface area contributed by atoms with E-state index in [0.717, 1.165) is 32.5 Å². The lowest BCUT2D eigenvalue weighted by Gasteiger charge is -2.32. The molecular weight excluding hydrogens is 202 g/mol. The molecule has 0 aromatic carbocycles. The van der Waals surface area contributed by atoms with Crippen LogP contribution in [0, 0.1) is 11.8 Å². The van der Waals surface area contributed by atoms with E-state index in [-0.39, 0.29) is 17.4 Å². The Morgan fingerprint density at radius 1 is 1.56 bits per heavy atom. The number of azo groups is 2. The molecule has 0 aromatic heterocycles. The zero-order valence-electron chi connectivity index (χ0n) is 10.5. The molecule has 90 valence electrons. The zero-order valence-corrected chi connectivity index (χ0v) is 10.5. The number of hydrogen-bond acceptors (Lipinski definition) is 3. The molecule has 2 aliphatic rings. The Bertz CT molecular complexity index is 322. The predicted octanol–water partition coefficient (Wildman–Crippen LogP) is 1.41. The van der Waals surface area contributed by atoms with Crippen molar-refractivity contribution in [1.82, 2.24) is 5.32 Å². The van der Waals surface area contributed by atoms with Crippen molar-refractivity contribution >= 4 is 5.91 Å². The third kappa shape index (κ3) is 1.90. The first-order valence-corrected chi connectivity index (χ1v) is 6.28. The predicted molar refractivity (Wildman–Crippen MR) is 61.4 cm³/mol. The van der Waals surface area contributed by atoms with Crippen LogP contribution in [0.2, 0.25) is 0 Å². The van der Waals surface area contributed by atoms with Gasteiger partial charge in [0.15, 0.2) is 5.54 Å². The van der Waals surface area contributed by atoms with Crippen LogP contribution >= 0.6 is 0 Å². The van der Waals surface area contributed by atoms with Gasteiger partial charge >= 0.3 is 5.91 Å². The van der Waals surface area contributed by atoms with E-state index in [2.05, 4.69) is 31.2 Å². The second-order valence-corrected chi connectivity index (χ2v) is 5.50. The summed E-state index contributed by atoms with van der Waals surface area (Å²) < 4.78 is 1.75. The average molecular weight is 224 g/mol. The van der Waals surface area contributed by atoms with Crippen LogP contribution in [0.1, 0.15) is 33.6 Å². The van der Waals surface area contributed by atoms with E-state index in [1.807, 2.05) is 0 Å². The third-order valence-electron chi connectivity index (χ3n) is 4.03. The summed E-state index contributed by atoms with van der Waals surface area (Å²) in [5.74, 6) is 0.860. The van der Waals surface area contributed by atoms with E-state index < -0.39 is 0 Å². The van der Waals surface area contributed by atoms with Gasteiger partial charge < -0.3 is 5.32 Å². The van der Waals surface area contributed by atoms with Crippen LogP contribution < -0.4 is 5.32 Å². The highest BCUT2D eigenvalue weighted by atomic mass is 16.2. The van der Waals surface area contributed by atoms with E-state index in [0.29, 0.717) is 5.92 Å². The molecule has 4 heteroatoms. The lowest BCUT2D eigenvalue weighted by Crippen LogP contribution is -2.52. The number of amides is 1. The van der Waals surface area contributed by atoms with Crippen LogP contribution in [0.25, 0.3) is 0 Å². The van der Waals surface area contributed by atoms with Gasteiger partial charge in [-0.1, -0.05) is 11.6 Å². The van der Waals surface area contributed by atoms with Crippen molar-refractivity contribution in [3.8, 4) is 0 Å². The maximum absolute atomic E-state index is 12.4. The van der Waals surface area contributed by atoms with E-state index in [1.165, 1.54) is 0 Å². The topological polar surface area (TPSA) is 44.5 Å². The smallest absolute Gasteiger partial charge is 0.316 e. The van der Waals surface area contributed by atoms with Gasteiger partial charge in [0.25, 0.3) is 0 Å². The Labute approximate surface area is 97.1 Å². The van der Waals surface area contributed by atoms with Gasteiger partial charge in [-0.3, -0.25) is 0 Å². The Morgan fingerprint density at radius 2 is 2.31 bits per heavy atom. The lowest BCUT2D eigenvalue weighted by molar-refractivity contribution is -0.595. The van der Waals surface area contributed by atoms with Crippen LogP contribution in [0.15, 0.2) is 5.11 Å². The molecule has 2 aliphatic heterocycles. The minimum Gasteiger partial charge on any atom is -0.316 e. The van der Waals surface area contributed by atoms with Crippen molar-refractivity contribution in [1.29, 1.82) is 0 Å².